The summed E-state index contributed by atoms with van der Waals surface area (Å²) in [4.78, 5) is 0.00686. The highest BCUT2D eigenvalue weighted by Crippen LogP contribution is 2.38. The molecule has 0 radical (unpaired) electrons. The first kappa shape index (κ1) is 14.2. The number of rotatable bonds is 3. The second kappa shape index (κ2) is 5.21. The summed E-state index contributed by atoms with van der Waals surface area (Å²) >= 11 is 3.26. The van der Waals surface area contributed by atoms with Crippen LogP contribution in [0.15, 0.2) is 45.8 Å². The van der Waals surface area contributed by atoms with Crippen LogP contribution in [0.1, 0.15) is 0 Å². The molecule has 0 bridgehead atoms. The molecule has 110 valence electrons. The fourth-order valence-electron chi connectivity index (χ4n) is 1.81. The van der Waals surface area contributed by atoms with Gasteiger partial charge in [-0.3, -0.25) is 0 Å². The van der Waals surface area contributed by atoms with E-state index in [0.717, 1.165) is 0 Å². The van der Waals surface area contributed by atoms with Crippen molar-refractivity contribution in [1.82, 2.24) is 0 Å². The number of ether oxygens (including phenoxy) is 3. The van der Waals surface area contributed by atoms with Crippen LogP contribution in [0.3, 0.4) is 0 Å². The highest BCUT2D eigenvalue weighted by atomic mass is 79.9. The van der Waals surface area contributed by atoms with Crippen LogP contribution in [0.2, 0.25) is 0 Å². The number of nitrogens with two attached hydrogens (primary N) is 1. The highest BCUT2D eigenvalue weighted by Gasteiger charge is 2.15. The minimum Gasteiger partial charge on any atom is -0.456 e. The van der Waals surface area contributed by atoms with Gasteiger partial charge >= 0.3 is 0 Å². The molecular formula is C13H10BrNO5S. The zero-order chi connectivity index (χ0) is 15.0. The minimum absolute atomic E-state index is 0.00686. The van der Waals surface area contributed by atoms with Crippen LogP contribution >= 0.6 is 15.9 Å². The molecule has 0 unspecified atom stereocenters. The Labute approximate surface area is 129 Å². The summed E-state index contributed by atoms with van der Waals surface area (Å²) in [6.07, 6.45) is 0. The second-order valence-corrected chi connectivity index (χ2v) is 6.67. The molecule has 0 amide bonds. The number of halogens is 1. The van der Waals surface area contributed by atoms with Crippen LogP contribution < -0.4 is 19.3 Å². The van der Waals surface area contributed by atoms with Crippen molar-refractivity contribution in [2.75, 3.05) is 6.79 Å². The third kappa shape index (κ3) is 2.97. The monoisotopic (exact) mass is 371 g/mol. The standard InChI is InChI=1S/C13H10BrNO5S/c14-10-6-9(21(15,16)17)2-4-11(10)20-8-1-3-12-13(5-8)19-7-18-12/h1-6H,7H2,(H2,15,16,17). The molecule has 2 aromatic carbocycles. The summed E-state index contributed by atoms with van der Waals surface area (Å²) in [5.74, 6) is 2.26. The average molecular weight is 372 g/mol. The Hall–Kier alpha value is -1.77. The number of primary sulfonamides is 1. The van der Waals surface area contributed by atoms with E-state index in [1.54, 1.807) is 18.2 Å². The fourth-order valence-corrected chi connectivity index (χ4v) is 2.96. The van der Waals surface area contributed by atoms with Gasteiger partial charge in [0.25, 0.3) is 0 Å². The van der Waals surface area contributed by atoms with Crippen molar-refractivity contribution < 1.29 is 22.6 Å². The molecule has 3 rings (SSSR count). The molecule has 1 aliphatic rings. The minimum atomic E-state index is -3.75. The molecule has 0 spiro atoms. The third-order valence-corrected chi connectivity index (χ3v) is 4.33. The molecule has 6 nitrogen and oxygen atoms in total. The molecule has 0 aliphatic carbocycles. The molecule has 0 atom stereocenters. The lowest BCUT2D eigenvalue weighted by molar-refractivity contribution is 0.174. The maximum atomic E-state index is 11.3. The zero-order valence-electron chi connectivity index (χ0n) is 10.6. The Kier molecular flexibility index (Phi) is 3.52. The molecule has 1 heterocycles. The Bertz CT molecular complexity index is 806. The van der Waals surface area contributed by atoms with Gasteiger partial charge in [0.1, 0.15) is 11.5 Å². The van der Waals surface area contributed by atoms with E-state index >= 15 is 0 Å². The molecule has 1 aliphatic heterocycles. The van der Waals surface area contributed by atoms with Gasteiger partial charge in [-0.25, -0.2) is 13.6 Å². The molecule has 0 saturated heterocycles. The van der Waals surface area contributed by atoms with Crippen molar-refractivity contribution in [2.24, 2.45) is 5.14 Å². The van der Waals surface area contributed by atoms with E-state index in [4.69, 9.17) is 19.3 Å². The van der Waals surface area contributed by atoms with Crippen molar-refractivity contribution in [3.8, 4) is 23.0 Å². The first-order valence-electron chi connectivity index (χ1n) is 5.83. The first-order valence-corrected chi connectivity index (χ1v) is 8.17. The van der Waals surface area contributed by atoms with Crippen molar-refractivity contribution in [3.63, 3.8) is 0 Å². The number of hydrogen-bond acceptors (Lipinski definition) is 5. The van der Waals surface area contributed by atoms with E-state index < -0.39 is 10.0 Å². The lowest BCUT2D eigenvalue weighted by Crippen LogP contribution is -2.11. The van der Waals surface area contributed by atoms with Crippen LogP contribution in [0, 0.1) is 0 Å². The van der Waals surface area contributed by atoms with Crippen molar-refractivity contribution in [1.29, 1.82) is 0 Å². The van der Waals surface area contributed by atoms with E-state index in [2.05, 4.69) is 15.9 Å². The van der Waals surface area contributed by atoms with E-state index in [9.17, 15) is 8.42 Å². The van der Waals surface area contributed by atoms with Crippen LogP contribution in [0.5, 0.6) is 23.0 Å². The molecule has 0 aromatic heterocycles. The van der Waals surface area contributed by atoms with E-state index in [0.29, 0.717) is 27.5 Å². The van der Waals surface area contributed by atoms with Crippen LogP contribution in [0.4, 0.5) is 0 Å². The maximum absolute atomic E-state index is 11.3. The smallest absolute Gasteiger partial charge is 0.238 e. The van der Waals surface area contributed by atoms with Gasteiger partial charge in [0.15, 0.2) is 11.5 Å². The molecule has 21 heavy (non-hydrogen) atoms. The summed E-state index contributed by atoms with van der Waals surface area (Å²) in [7, 11) is -3.75. The van der Waals surface area contributed by atoms with Crippen LogP contribution in [-0.4, -0.2) is 15.2 Å². The third-order valence-electron chi connectivity index (χ3n) is 2.80. The first-order chi connectivity index (χ1) is 9.93. The van der Waals surface area contributed by atoms with Gasteiger partial charge in [0.05, 0.1) is 9.37 Å². The fraction of sp³-hybridized carbons (Fsp3) is 0.0769. The average Bonchev–Trinajstić information content (AvgIpc) is 2.87. The van der Waals surface area contributed by atoms with Crippen molar-refractivity contribution >= 4 is 26.0 Å². The summed E-state index contributed by atoms with van der Waals surface area (Å²) in [6, 6.07) is 9.45. The quantitative estimate of drug-likeness (QED) is 0.895. The molecule has 0 fully saturated rings. The SMILES string of the molecule is NS(=O)(=O)c1ccc(Oc2ccc3c(c2)OCO3)c(Br)c1. The van der Waals surface area contributed by atoms with E-state index in [1.165, 1.54) is 18.2 Å². The van der Waals surface area contributed by atoms with Gasteiger partial charge in [0, 0.05) is 6.07 Å². The van der Waals surface area contributed by atoms with Gasteiger partial charge in [-0.15, -0.1) is 0 Å². The summed E-state index contributed by atoms with van der Waals surface area (Å²) in [6.45, 7) is 0.186. The van der Waals surface area contributed by atoms with Crippen LogP contribution in [-0.2, 0) is 10.0 Å². The van der Waals surface area contributed by atoms with E-state index in [1.807, 2.05) is 0 Å². The zero-order valence-corrected chi connectivity index (χ0v) is 13.0. The molecule has 8 heteroatoms. The predicted molar refractivity (Wildman–Crippen MR) is 78.2 cm³/mol. The number of fused-ring (bicyclic) bond motifs is 1. The van der Waals surface area contributed by atoms with Crippen molar-refractivity contribution in [3.05, 3.63) is 40.9 Å². The van der Waals surface area contributed by atoms with Crippen molar-refractivity contribution in [2.45, 2.75) is 4.90 Å². The second-order valence-electron chi connectivity index (χ2n) is 4.25. The Balaban J connectivity index is 1.88. The van der Waals surface area contributed by atoms with E-state index in [-0.39, 0.29) is 11.7 Å². The Morgan fingerprint density at radius 2 is 1.86 bits per heavy atom. The van der Waals surface area contributed by atoms with Gasteiger partial charge in [-0.05, 0) is 46.3 Å². The summed E-state index contributed by atoms with van der Waals surface area (Å²) in [5.41, 5.74) is 0. The Morgan fingerprint density at radius 3 is 2.57 bits per heavy atom. The van der Waals surface area contributed by atoms with Gasteiger partial charge in [-0.2, -0.15) is 0 Å². The maximum Gasteiger partial charge on any atom is 0.238 e. The summed E-state index contributed by atoms with van der Waals surface area (Å²) < 4.78 is 39.2. The predicted octanol–water partition coefficient (Wildman–Crippen LogP) is 2.62. The number of sulfonamides is 1. The Morgan fingerprint density at radius 1 is 1.10 bits per heavy atom. The number of hydrogen-bond donors (Lipinski definition) is 1. The largest absolute Gasteiger partial charge is 0.456 e. The topological polar surface area (TPSA) is 87.9 Å². The lowest BCUT2D eigenvalue weighted by atomic mass is 10.3. The molecule has 2 N–H and O–H groups in total. The van der Waals surface area contributed by atoms with Gasteiger partial charge in [-0.1, -0.05) is 0 Å². The van der Waals surface area contributed by atoms with Crippen LogP contribution in [0.25, 0.3) is 0 Å². The lowest BCUT2D eigenvalue weighted by Gasteiger charge is -2.09. The molecular weight excluding hydrogens is 362 g/mol. The highest BCUT2D eigenvalue weighted by molar-refractivity contribution is 9.10. The van der Waals surface area contributed by atoms with Gasteiger partial charge in [0.2, 0.25) is 16.8 Å². The summed E-state index contributed by atoms with van der Waals surface area (Å²) in [5, 5.41) is 5.07. The number of benzene rings is 2. The normalized spacial score (nSPS) is 13.2. The van der Waals surface area contributed by atoms with Gasteiger partial charge < -0.3 is 14.2 Å². The molecule has 2 aromatic rings. The molecule has 0 saturated carbocycles.